The molecule has 4 rings (SSSR count). The van der Waals surface area contributed by atoms with Crippen molar-refractivity contribution in [3.05, 3.63) is 79.1 Å². The lowest BCUT2D eigenvalue weighted by Crippen LogP contribution is -2.46. The maximum Gasteiger partial charge on any atom is 0.357 e. The summed E-state index contributed by atoms with van der Waals surface area (Å²) in [7, 11) is 5.79. The highest BCUT2D eigenvalue weighted by Gasteiger charge is 2.43. The molecular formula is C30H31Cl5N2O8S2. The lowest BCUT2D eigenvalue weighted by atomic mass is 9.94. The lowest BCUT2D eigenvalue weighted by Gasteiger charge is -2.37. The second-order valence-corrected chi connectivity index (χ2v) is 13.4. The summed E-state index contributed by atoms with van der Waals surface area (Å²) in [6.45, 7) is 6.79. The molecule has 10 nitrogen and oxygen atoms in total. The minimum absolute atomic E-state index is 0.0602. The van der Waals surface area contributed by atoms with Crippen molar-refractivity contribution in [3.8, 4) is 0 Å². The van der Waals surface area contributed by atoms with Crippen molar-refractivity contribution in [3.63, 3.8) is 0 Å². The molecule has 17 heteroatoms. The monoisotopic (exact) mass is 786 g/mol. The number of nitrogens with zero attached hydrogens (tertiary/aromatic N) is 2. The largest absolute Gasteiger partial charge is 0.508 e. The average Bonchev–Trinajstić information content (AvgIpc) is 2.98. The van der Waals surface area contributed by atoms with Gasteiger partial charge in [-0.15, -0.1) is 0 Å². The van der Waals surface area contributed by atoms with Gasteiger partial charge in [-0.1, -0.05) is 46.4 Å². The van der Waals surface area contributed by atoms with Crippen LogP contribution < -0.4 is 0 Å². The molecule has 0 radical (unpaired) electrons. The van der Waals surface area contributed by atoms with E-state index in [0.717, 1.165) is 10.1 Å². The summed E-state index contributed by atoms with van der Waals surface area (Å²) in [6.07, 6.45) is 0. The van der Waals surface area contributed by atoms with Gasteiger partial charge >= 0.3 is 5.24 Å². The molecule has 0 aliphatic carbocycles. The third-order valence-electron chi connectivity index (χ3n) is 6.22. The van der Waals surface area contributed by atoms with Crippen molar-refractivity contribution in [1.29, 1.82) is 0 Å². The number of rotatable bonds is 3. The van der Waals surface area contributed by atoms with Gasteiger partial charge < -0.3 is 19.3 Å². The van der Waals surface area contributed by atoms with E-state index in [1.807, 2.05) is 0 Å². The van der Waals surface area contributed by atoms with Crippen LogP contribution in [0.5, 0.6) is 0 Å². The van der Waals surface area contributed by atoms with E-state index in [2.05, 4.69) is 17.0 Å². The highest BCUT2D eigenvalue weighted by molar-refractivity contribution is 7.82. The number of halogens is 5. The van der Waals surface area contributed by atoms with Crippen molar-refractivity contribution < 1.29 is 38.6 Å². The molecule has 0 saturated carbocycles. The van der Waals surface area contributed by atoms with Crippen molar-refractivity contribution in [2.45, 2.75) is 38.9 Å². The summed E-state index contributed by atoms with van der Waals surface area (Å²) in [5, 5.41) is 13.9. The van der Waals surface area contributed by atoms with Gasteiger partial charge in [0.1, 0.15) is 17.0 Å². The predicted molar refractivity (Wildman–Crippen MR) is 191 cm³/mol. The topological polar surface area (TPSA) is 107 Å². The number of aliphatic hydroxyl groups excluding tert-OH is 1. The third kappa shape index (κ3) is 10.3. The first-order valence-electron chi connectivity index (χ1n) is 13.2. The maximum absolute atomic E-state index is 12.6. The molecule has 2 amide bonds. The Morgan fingerprint density at radius 2 is 1.17 bits per heavy atom. The van der Waals surface area contributed by atoms with E-state index in [9.17, 15) is 14.7 Å². The van der Waals surface area contributed by atoms with E-state index >= 15 is 0 Å². The molecule has 2 aliphatic heterocycles. The summed E-state index contributed by atoms with van der Waals surface area (Å²) in [4.78, 5) is 35.7. The van der Waals surface area contributed by atoms with Gasteiger partial charge in [-0.25, -0.2) is 10.1 Å². The van der Waals surface area contributed by atoms with E-state index < -0.39 is 23.0 Å². The van der Waals surface area contributed by atoms with Crippen LogP contribution in [0.2, 0.25) is 20.1 Å². The van der Waals surface area contributed by atoms with Crippen LogP contribution in [0.1, 0.15) is 38.8 Å². The van der Waals surface area contributed by atoms with E-state index in [1.54, 1.807) is 64.1 Å². The van der Waals surface area contributed by atoms with Crippen molar-refractivity contribution in [2.24, 2.45) is 0 Å². The minimum Gasteiger partial charge on any atom is -0.508 e. The number of thiocarbonyl (C=S) groups is 2. The third-order valence-corrected chi connectivity index (χ3v) is 7.92. The number of likely N-dealkylation sites (N-methyl/N-ethyl adjacent to an activating group) is 2. The molecule has 1 N–H and O–H groups in total. The van der Waals surface area contributed by atoms with Gasteiger partial charge in [0, 0.05) is 57.5 Å². The summed E-state index contributed by atoms with van der Waals surface area (Å²) in [5.74, 6) is -0.861. The van der Waals surface area contributed by atoms with E-state index in [1.165, 1.54) is 28.3 Å². The number of amides is 2. The number of hydrogen-bond donors (Lipinski definition) is 1. The zero-order valence-electron chi connectivity index (χ0n) is 26.4. The highest BCUT2D eigenvalue weighted by Crippen LogP contribution is 2.40. The van der Waals surface area contributed by atoms with Gasteiger partial charge in [0.05, 0.1) is 25.4 Å². The Labute approximate surface area is 308 Å². The summed E-state index contributed by atoms with van der Waals surface area (Å²) >= 11 is 38.5. The van der Waals surface area contributed by atoms with E-state index in [0.29, 0.717) is 31.2 Å². The lowest BCUT2D eigenvalue weighted by molar-refractivity contribution is -0.218. The molecule has 0 atom stereocenters. The Morgan fingerprint density at radius 1 is 0.766 bits per heavy atom. The standard InChI is InChI=1S/C15H15Cl2NO4S.C13H13Cl2NO3.C2H3ClOS/c1-15(2)12(21-14(23)20-4)11(13(19)18(3)22-15)9-7-8(16)5-6-10(9)17;1-13(2)11(17)10(12(18)16(3)19-13)8-6-7(14)4-5-9(8)15;1-4-2(3)5/h5-7H,1-4H3;4-6,17H,1-3H3;1H3. The molecule has 2 aliphatic rings. The fourth-order valence-corrected chi connectivity index (χ4v) is 4.98. The number of benzene rings is 2. The Hall–Kier alpha value is -2.39. The molecule has 0 fully saturated rings. The van der Waals surface area contributed by atoms with Crippen LogP contribution in [-0.4, -0.2) is 76.3 Å². The van der Waals surface area contributed by atoms with Crippen LogP contribution in [0, 0.1) is 0 Å². The molecular weight excluding hydrogens is 758 g/mol. The number of aliphatic hydroxyl groups is 1. The van der Waals surface area contributed by atoms with Gasteiger partial charge in [0.15, 0.2) is 5.76 Å². The Kier molecular flexibility index (Phi) is 14.6. The first kappa shape index (κ1) is 40.8. The van der Waals surface area contributed by atoms with Gasteiger partial charge in [-0.2, -0.15) is 0 Å². The quantitative estimate of drug-likeness (QED) is 0.241. The second kappa shape index (κ2) is 16.8. The van der Waals surface area contributed by atoms with E-state index in [4.69, 9.17) is 89.4 Å². The van der Waals surface area contributed by atoms with Gasteiger partial charge in [0.25, 0.3) is 16.3 Å². The van der Waals surface area contributed by atoms with Gasteiger partial charge in [-0.3, -0.25) is 19.3 Å². The predicted octanol–water partition coefficient (Wildman–Crippen LogP) is 8.44. The van der Waals surface area contributed by atoms with Crippen LogP contribution in [-0.2, 0) is 33.5 Å². The molecule has 2 aromatic rings. The van der Waals surface area contributed by atoms with Crippen LogP contribution in [0.4, 0.5) is 0 Å². The number of carbonyl (C=O) groups is 2. The number of ether oxygens (including phenoxy) is 3. The van der Waals surface area contributed by atoms with Crippen LogP contribution in [0.25, 0.3) is 11.1 Å². The zero-order chi connectivity index (χ0) is 36.0. The summed E-state index contributed by atoms with van der Waals surface area (Å²) in [6, 6.07) is 9.56. The molecule has 0 saturated heterocycles. The van der Waals surface area contributed by atoms with Crippen LogP contribution in [0.15, 0.2) is 47.9 Å². The Balaban J connectivity index is 0.000000290. The normalized spacial score (nSPS) is 16.9. The Morgan fingerprint density at radius 3 is 1.60 bits per heavy atom. The smallest absolute Gasteiger partial charge is 0.357 e. The average molecular weight is 789 g/mol. The fraction of sp³-hybridized carbons (Fsp3) is 0.333. The van der Waals surface area contributed by atoms with Crippen molar-refractivity contribution in [1.82, 2.24) is 10.1 Å². The molecule has 0 unspecified atom stereocenters. The first-order valence-corrected chi connectivity index (χ1v) is 15.9. The number of carbonyl (C=O) groups excluding carboxylic acids is 2. The molecule has 2 heterocycles. The van der Waals surface area contributed by atoms with E-state index in [-0.39, 0.29) is 32.4 Å². The first-order chi connectivity index (χ1) is 21.7. The van der Waals surface area contributed by atoms with Crippen LogP contribution in [0.3, 0.4) is 0 Å². The summed E-state index contributed by atoms with van der Waals surface area (Å²) in [5.41, 5.74) is -0.835. The molecule has 0 aromatic heterocycles. The minimum atomic E-state index is -1.01. The maximum atomic E-state index is 12.6. The SMILES string of the molecule is CN1OC(C)(C)C(O)=C(c2cc(Cl)ccc2Cl)C1=O.COC(=S)Cl.COC(=S)OC1=C(c2cc(Cl)ccc2Cl)C(=O)N(C)OC1(C)C. The van der Waals surface area contributed by atoms with Crippen LogP contribution >= 0.6 is 82.4 Å². The highest BCUT2D eigenvalue weighted by atomic mass is 35.5. The number of hydrogen-bond acceptors (Lipinski definition) is 10. The zero-order valence-corrected chi connectivity index (χ0v) is 31.8. The second-order valence-electron chi connectivity index (χ2n) is 10.5. The fourth-order valence-electron chi connectivity index (χ4n) is 4.12. The van der Waals surface area contributed by atoms with Gasteiger partial charge in [-0.05, 0) is 87.9 Å². The number of methoxy groups -OCH3 is 2. The van der Waals surface area contributed by atoms with Gasteiger partial charge in [0.2, 0.25) is 0 Å². The molecule has 47 heavy (non-hydrogen) atoms. The molecule has 0 bridgehead atoms. The van der Waals surface area contributed by atoms with Crippen molar-refractivity contribution in [2.75, 3.05) is 28.3 Å². The molecule has 0 spiro atoms. The molecule has 256 valence electrons. The Bertz CT molecular complexity index is 1630. The summed E-state index contributed by atoms with van der Waals surface area (Å²) < 4.78 is 14.7. The van der Waals surface area contributed by atoms with Crippen molar-refractivity contribution >= 4 is 115 Å². The number of hydroxylamine groups is 4. The molecule has 2 aromatic carbocycles.